The van der Waals surface area contributed by atoms with Crippen LogP contribution in [-0.2, 0) is 9.53 Å². The molecule has 0 radical (unpaired) electrons. The summed E-state index contributed by atoms with van der Waals surface area (Å²) in [5.41, 5.74) is 4.59. The van der Waals surface area contributed by atoms with E-state index < -0.39 is 18.1 Å². The van der Waals surface area contributed by atoms with Gasteiger partial charge in [0.05, 0.1) is 0 Å². The molecule has 3 saturated carbocycles. The highest BCUT2D eigenvalue weighted by atomic mass is 16.5. The molecule has 3 fully saturated rings. The number of carbonyl (C=O) groups excluding carboxylic acids is 1. The number of alkyl carbamates (subject to hydrolysis) is 1. The highest BCUT2D eigenvalue weighted by molar-refractivity contribution is 5.82. The molecule has 0 unspecified atom stereocenters. The van der Waals surface area contributed by atoms with Gasteiger partial charge in [-0.25, -0.2) is 9.59 Å². The number of hydrogen-bond donors (Lipinski definition) is 2. The Morgan fingerprint density at radius 3 is 2.11 bits per heavy atom. The van der Waals surface area contributed by atoms with Crippen molar-refractivity contribution in [2.75, 3.05) is 6.61 Å². The van der Waals surface area contributed by atoms with Crippen molar-refractivity contribution in [1.29, 1.82) is 0 Å². The summed E-state index contributed by atoms with van der Waals surface area (Å²) in [7, 11) is 0. The third-order valence-corrected chi connectivity index (χ3v) is 6.80. The number of carboxylic acid groups (broad SMARTS) is 1. The molecule has 144 valence electrons. The first-order valence-electron chi connectivity index (χ1n) is 9.75. The van der Waals surface area contributed by atoms with Crippen LogP contribution >= 0.6 is 0 Å². The van der Waals surface area contributed by atoms with Gasteiger partial charge in [-0.3, -0.25) is 0 Å². The topological polar surface area (TPSA) is 75.6 Å². The zero-order valence-corrected chi connectivity index (χ0v) is 15.8. The summed E-state index contributed by atoms with van der Waals surface area (Å²) >= 11 is 0. The average Bonchev–Trinajstić information content (AvgIpc) is 2.95. The van der Waals surface area contributed by atoms with Gasteiger partial charge in [-0.2, -0.15) is 0 Å². The van der Waals surface area contributed by atoms with E-state index >= 15 is 0 Å². The van der Waals surface area contributed by atoms with Crippen LogP contribution in [0.4, 0.5) is 4.79 Å². The molecule has 0 aliphatic heterocycles. The van der Waals surface area contributed by atoms with Gasteiger partial charge in [0.25, 0.3) is 0 Å². The molecule has 6 rings (SSSR count). The summed E-state index contributed by atoms with van der Waals surface area (Å²) in [6.45, 7) is 2.36. The van der Waals surface area contributed by atoms with E-state index in [9.17, 15) is 14.7 Å². The Bertz CT molecular complexity index is 917. The molecular weight excluding hydrogens is 354 g/mol. The minimum absolute atomic E-state index is 0.0321. The predicted octanol–water partition coefficient (Wildman–Crippen LogP) is 4.17. The number of benzene rings is 2. The van der Waals surface area contributed by atoms with Gasteiger partial charge in [0.1, 0.15) is 12.6 Å². The van der Waals surface area contributed by atoms with Crippen LogP contribution in [0.2, 0.25) is 0 Å². The molecule has 1 amide bonds. The van der Waals surface area contributed by atoms with E-state index in [0.29, 0.717) is 0 Å². The summed E-state index contributed by atoms with van der Waals surface area (Å²) in [5.74, 6) is -1.01. The van der Waals surface area contributed by atoms with Crippen molar-refractivity contribution in [2.45, 2.75) is 38.1 Å². The van der Waals surface area contributed by atoms with Crippen molar-refractivity contribution < 1.29 is 19.4 Å². The van der Waals surface area contributed by atoms with Gasteiger partial charge in [0.2, 0.25) is 0 Å². The standard InChI is InChI=1S/C23H23NO4/c1-22-11-23(12-22,13-22)19(20(25)26)24-21(27)28-10-18-16-8-4-2-6-14(16)15-7-3-5-9-17(15)18/h2-9,18-19H,10-13H2,1H3,(H,24,27)(H,25,26)/t19-,22?,23?/m1/s1. The lowest BCUT2D eigenvalue weighted by Gasteiger charge is -2.71. The Morgan fingerprint density at radius 2 is 1.61 bits per heavy atom. The molecule has 1 atom stereocenters. The lowest BCUT2D eigenvalue weighted by Crippen LogP contribution is -2.70. The van der Waals surface area contributed by atoms with Gasteiger partial charge in [0.15, 0.2) is 0 Å². The molecule has 0 saturated heterocycles. The SMILES string of the molecule is CC12CC([C@H](NC(=O)OCC3c4ccccc4-c4ccccc43)C(=O)O)(C1)C2. The minimum atomic E-state index is -0.977. The van der Waals surface area contributed by atoms with E-state index in [1.54, 1.807) is 0 Å². The highest BCUT2D eigenvalue weighted by Gasteiger charge is 2.69. The van der Waals surface area contributed by atoms with Crippen molar-refractivity contribution in [1.82, 2.24) is 5.32 Å². The maximum Gasteiger partial charge on any atom is 0.407 e. The van der Waals surface area contributed by atoms with Crippen molar-refractivity contribution >= 4 is 12.1 Å². The van der Waals surface area contributed by atoms with Gasteiger partial charge in [-0.15, -0.1) is 0 Å². The van der Waals surface area contributed by atoms with Gasteiger partial charge in [-0.1, -0.05) is 55.5 Å². The second-order valence-corrected chi connectivity index (χ2v) is 8.94. The normalized spacial score (nSPS) is 27.6. The second kappa shape index (κ2) is 5.84. The molecule has 5 nitrogen and oxygen atoms in total. The lowest BCUT2D eigenvalue weighted by molar-refractivity contribution is -0.214. The molecule has 2 bridgehead atoms. The van der Waals surface area contributed by atoms with Crippen molar-refractivity contribution in [3.63, 3.8) is 0 Å². The monoisotopic (exact) mass is 377 g/mol. The fourth-order valence-corrected chi connectivity index (χ4v) is 5.94. The molecule has 0 spiro atoms. The number of fused-ring (bicyclic) bond motifs is 3. The highest BCUT2D eigenvalue weighted by Crippen LogP contribution is 2.74. The molecule has 0 heterocycles. The predicted molar refractivity (Wildman–Crippen MR) is 104 cm³/mol. The first-order chi connectivity index (χ1) is 13.4. The number of rotatable bonds is 5. The molecule has 28 heavy (non-hydrogen) atoms. The fourth-order valence-electron chi connectivity index (χ4n) is 5.94. The fraction of sp³-hybridized carbons (Fsp3) is 0.391. The molecule has 5 heteroatoms. The summed E-state index contributed by atoms with van der Waals surface area (Å²) in [5, 5.41) is 12.2. The van der Waals surface area contributed by atoms with Gasteiger partial charge >= 0.3 is 12.1 Å². The molecule has 2 aromatic rings. The summed E-state index contributed by atoms with van der Waals surface area (Å²) in [6, 6.07) is 15.4. The van der Waals surface area contributed by atoms with Gasteiger partial charge in [-0.05, 0) is 46.9 Å². The van der Waals surface area contributed by atoms with Crippen LogP contribution in [-0.4, -0.2) is 29.8 Å². The Labute approximate surface area is 163 Å². The molecule has 4 aliphatic rings. The van der Waals surface area contributed by atoms with Crippen LogP contribution in [0.25, 0.3) is 11.1 Å². The minimum Gasteiger partial charge on any atom is -0.480 e. The zero-order valence-electron chi connectivity index (χ0n) is 15.8. The van der Waals surface area contributed by atoms with Gasteiger partial charge in [0, 0.05) is 11.3 Å². The molecule has 0 aromatic heterocycles. The zero-order chi connectivity index (χ0) is 19.5. The number of hydrogen-bond acceptors (Lipinski definition) is 3. The molecule has 2 N–H and O–H groups in total. The Kier molecular flexibility index (Phi) is 3.60. The smallest absolute Gasteiger partial charge is 0.407 e. The van der Waals surface area contributed by atoms with Crippen molar-refractivity contribution in [3.8, 4) is 11.1 Å². The summed E-state index contributed by atoms with van der Waals surface area (Å²) in [6.07, 6.45) is 1.94. The van der Waals surface area contributed by atoms with E-state index in [0.717, 1.165) is 41.5 Å². The van der Waals surface area contributed by atoms with Crippen LogP contribution in [0.15, 0.2) is 48.5 Å². The lowest BCUT2D eigenvalue weighted by atomic mass is 9.34. The van der Waals surface area contributed by atoms with E-state index in [1.807, 2.05) is 24.3 Å². The maximum atomic E-state index is 12.4. The first-order valence-corrected chi connectivity index (χ1v) is 9.75. The van der Waals surface area contributed by atoms with E-state index in [4.69, 9.17) is 4.74 Å². The number of amides is 1. The Hall–Kier alpha value is -2.82. The Morgan fingerprint density at radius 1 is 1.07 bits per heavy atom. The van der Waals surface area contributed by atoms with E-state index in [2.05, 4.69) is 36.5 Å². The largest absolute Gasteiger partial charge is 0.480 e. The van der Waals surface area contributed by atoms with Crippen molar-refractivity contribution in [3.05, 3.63) is 59.7 Å². The third kappa shape index (κ3) is 2.45. The molecule has 4 aliphatic carbocycles. The van der Waals surface area contributed by atoms with Crippen LogP contribution in [0.3, 0.4) is 0 Å². The number of carboxylic acids is 1. The Balaban J connectivity index is 1.29. The molecular formula is C23H23NO4. The van der Waals surface area contributed by atoms with Crippen LogP contribution in [0.1, 0.15) is 43.2 Å². The number of ether oxygens (including phenoxy) is 1. The van der Waals surface area contributed by atoms with Crippen LogP contribution < -0.4 is 5.32 Å². The van der Waals surface area contributed by atoms with Crippen molar-refractivity contribution in [2.24, 2.45) is 10.8 Å². The van der Waals surface area contributed by atoms with E-state index in [1.165, 1.54) is 0 Å². The average molecular weight is 377 g/mol. The number of aliphatic carboxylic acids is 1. The third-order valence-electron chi connectivity index (χ3n) is 6.80. The molecule has 2 aromatic carbocycles. The van der Waals surface area contributed by atoms with Crippen LogP contribution in [0, 0.1) is 10.8 Å². The van der Waals surface area contributed by atoms with Gasteiger partial charge < -0.3 is 15.2 Å². The van der Waals surface area contributed by atoms with E-state index in [-0.39, 0.29) is 23.4 Å². The quantitative estimate of drug-likeness (QED) is 0.820. The first kappa shape index (κ1) is 17.3. The summed E-state index contributed by atoms with van der Waals surface area (Å²) in [4.78, 5) is 24.1. The maximum absolute atomic E-state index is 12.4. The van der Waals surface area contributed by atoms with Crippen LogP contribution in [0.5, 0.6) is 0 Å². The number of nitrogens with one attached hydrogen (secondary N) is 1. The second-order valence-electron chi connectivity index (χ2n) is 8.94. The summed E-state index contributed by atoms with van der Waals surface area (Å²) < 4.78 is 5.51. The number of carbonyl (C=O) groups is 2.